The summed E-state index contributed by atoms with van der Waals surface area (Å²) in [6.07, 6.45) is 5.96. The molecule has 1 fully saturated rings. The number of benzene rings is 2. The van der Waals surface area contributed by atoms with Crippen LogP contribution in [0.3, 0.4) is 0 Å². The summed E-state index contributed by atoms with van der Waals surface area (Å²) >= 11 is 0. The molecule has 0 amide bonds. The standard InChI is InChI=1S/C25H32N6O2/c1-30(2)17-19-12-10-18(11-13-19)14-26-24-23(31(32)33)16-28-25(29-24)27-15-21-8-5-7-20-6-3-4-9-22(20)21/h3-9,16,18-19H,10-15,17H2,1-2H3,(H2,26,27,28,29). The van der Waals surface area contributed by atoms with Gasteiger partial charge in [0.25, 0.3) is 0 Å². The average Bonchev–Trinajstić information content (AvgIpc) is 2.82. The highest BCUT2D eigenvalue weighted by atomic mass is 16.6. The maximum absolute atomic E-state index is 11.5. The van der Waals surface area contributed by atoms with Crippen LogP contribution in [0.15, 0.2) is 48.7 Å². The lowest BCUT2D eigenvalue weighted by atomic mass is 9.82. The van der Waals surface area contributed by atoms with Crippen molar-refractivity contribution in [1.29, 1.82) is 0 Å². The van der Waals surface area contributed by atoms with Crippen LogP contribution in [0.25, 0.3) is 10.8 Å². The minimum atomic E-state index is -0.426. The zero-order chi connectivity index (χ0) is 23.2. The van der Waals surface area contributed by atoms with Gasteiger partial charge in [-0.15, -0.1) is 0 Å². The summed E-state index contributed by atoms with van der Waals surface area (Å²) in [5, 5.41) is 20.3. The van der Waals surface area contributed by atoms with Gasteiger partial charge in [-0.25, -0.2) is 4.98 Å². The summed E-state index contributed by atoms with van der Waals surface area (Å²) in [7, 11) is 4.24. The summed E-state index contributed by atoms with van der Waals surface area (Å²) in [5.74, 6) is 1.91. The second-order valence-corrected chi connectivity index (χ2v) is 9.21. The van der Waals surface area contributed by atoms with Crippen molar-refractivity contribution >= 4 is 28.2 Å². The lowest BCUT2D eigenvalue weighted by Crippen LogP contribution is -2.28. The molecule has 0 bridgehead atoms. The zero-order valence-electron chi connectivity index (χ0n) is 19.3. The fourth-order valence-electron chi connectivity index (χ4n) is 4.72. The minimum Gasteiger partial charge on any atom is -0.364 e. The van der Waals surface area contributed by atoms with Crippen molar-refractivity contribution in [1.82, 2.24) is 14.9 Å². The Kier molecular flexibility index (Phi) is 7.34. The molecule has 1 saturated carbocycles. The van der Waals surface area contributed by atoms with Gasteiger partial charge in [-0.1, -0.05) is 42.5 Å². The Labute approximate surface area is 194 Å². The van der Waals surface area contributed by atoms with Gasteiger partial charge in [-0.3, -0.25) is 10.1 Å². The number of rotatable bonds is 9. The van der Waals surface area contributed by atoms with Gasteiger partial charge in [0.05, 0.1) is 4.92 Å². The lowest BCUT2D eigenvalue weighted by Gasteiger charge is -2.30. The highest BCUT2D eigenvalue weighted by Gasteiger charge is 2.23. The van der Waals surface area contributed by atoms with Gasteiger partial charge >= 0.3 is 5.69 Å². The average molecular weight is 449 g/mol. The van der Waals surface area contributed by atoms with Crippen molar-refractivity contribution in [2.45, 2.75) is 32.2 Å². The first-order valence-electron chi connectivity index (χ1n) is 11.6. The number of nitrogens with one attached hydrogen (secondary N) is 2. The van der Waals surface area contributed by atoms with Crippen LogP contribution in [0, 0.1) is 22.0 Å². The quantitative estimate of drug-likeness (QED) is 0.354. The third-order valence-corrected chi connectivity index (χ3v) is 6.43. The third kappa shape index (κ3) is 5.96. The molecule has 3 aromatic rings. The topological polar surface area (TPSA) is 96.2 Å². The zero-order valence-corrected chi connectivity index (χ0v) is 19.3. The maximum atomic E-state index is 11.5. The number of nitrogens with zero attached hydrogens (tertiary/aromatic N) is 4. The number of nitro groups is 1. The third-order valence-electron chi connectivity index (χ3n) is 6.43. The molecule has 4 rings (SSSR count). The van der Waals surface area contributed by atoms with Crippen LogP contribution >= 0.6 is 0 Å². The predicted molar refractivity (Wildman–Crippen MR) is 132 cm³/mol. The maximum Gasteiger partial charge on any atom is 0.329 e. The summed E-state index contributed by atoms with van der Waals surface area (Å²) < 4.78 is 0. The van der Waals surface area contributed by atoms with E-state index in [-0.39, 0.29) is 11.5 Å². The first-order chi connectivity index (χ1) is 16.0. The summed E-state index contributed by atoms with van der Waals surface area (Å²) in [4.78, 5) is 22.0. The Balaban J connectivity index is 1.40. The van der Waals surface area contributed by atoms with E-state index in [4.69, 9.17) is 0 Å². The Morgan fingerprint density at radius 1 is 1.03 bits per heavy atom. The van der Waals surface area contributed by atoms with E-state index >= 15 is 0 Å². The second kappa shape index (κ2) is 10.6. The monoisotopic (exact) mass is 448 g/mol. The van der Waals surface area contributed by atoms with Gasteiger partial charge in [0.1, 0.15) is 6.20 Å². The number of hydrogen-bond donors (Lipinski definition) is 2. The van der Waals surface area contributed by atoms with Crippen LogP contribution in [0.1, 0.15) is 31.2 Å². The van der Waals surface area contributed by atoms with Crippen molar-refractivity contribution in [3.8, 4) is 0 Å². The van der Waals surface area contributed by atoms with Crippen LogP contribution in [0.4, 0.5) is 17.5 Å². The highest BCUT2D eigenvalue weighted by Crippen LogP contribution is 2.30. The van der Waals surface area contributed by atoms with Crippen LogP contribution in [-0.4, -0.2) is 47.0 Å². The molecule has 0 atom stereocenters. The van der Waals surface area contributed by atoms with Crippen LogP contribution < -0.4 is 10.6 Å². The van der Waals surface area contributed by atoms with Gasteiger partial charge in [-0.05, 0) is 68.0 Å². The van der Waals surface area contributed by atoms with E-state index in [1.807, 2.05) is 18.2 Å². The van der Waals surface area contributed by atoms with E-state index in [1.54, 1.807) is 0 Å². The van der Waals surface area contributed by atoms with Crippen LogP contribution in [0.5, 0.6) is 0 Å². The molecule has 2 aromatic carbocycles. The Hall–Kier alpha value is -3.26. The highest BCUT2D eigenvalue weighted by molar-refractivity contribution is 5.85. The van der Waals surface area contributed by atoms with E-state index in [9.17, 15) is 10.1 Å². The molecule has 8 heteroatoms. The van der Waals surface area contributed by atoms with Crippen molar-refractivity contribution in [3.63, 3.8) is 0 Å². The second-order valence-electron chi connectivity index (χ2n) is 9.21. The van der Waals surface area contributed by atoms with E-state index in [2.05, 4.69) is 63.9 Å². The number of fused-ring (bicyclic) bond motifs is 1. The molecular weight excluding hydrogens is 416 g/mol. The molecule has 33 heavy (non-hydrogen) atoms. The van der Waals surface area contributed by atoms with Crippen molar-refractivity contribution in [3.05, 3.63) is 64.3 Å². The molecule has 2 N–H and O–H groups in total. The number of hydrogen-bond acceptors (Lipinski definition) is 7. The van der Waals surface area contributed by atoms with Gasteiger partial charge in [0.15, 0.2) is 0 Å². The number of anilines is 2. The van der Waals surface area contributed by atoms with Crippen molar-refractivity contribution < 1.29 is 4.92 Å². The fraction of sp³-hybridized carbons (Fsp3) is 0.440. The van der Waals surface area contributed by atoms with Crippen molar-refractivity contribution in [2.75, 3.05) is 37.8 Å². The molecule has 0 radical (unpaired) electrons. The molecule has 0 unspecified atom stereocenters. The molecule has 0 saturated heterocycles. The van der Waals surface area contributed by atoms with E-state index in [0.717, 1.165) is 36.3 Å². The molecule has 174 valence electrons. The minimum absolute atomic E-state index is 0.0907. The Bertz CT molecular complexity index is 1090. The van der Waals surface area contributed by atoms with Crippen molar-refractivity contribution in [2.24, 2.45) is 11.8 Å². The predicted octanol–water partition coefficient (Wildman–Crippen LogP) is 4.93. The number of aromatic nitrogens is 2. The molecule has 1 aliphatic rings. The van der Waals surface area contributed by atoms with Gasteiger partial charge < -0.3 is 15.5 Å². The smallest absolute Gasteiger partial charge is 0.329 e. The van der Waals surface area contributed by atoms with E-state index in [1.165, 1.54) is 24.4 Å². The molecule has 8 nitrogen and oxygen atoms in total. The largest absolute Gasteiger partial charge is 0.364 e. The molecule has 1 aliphatic carbocycles. The van der Waals surface area contributed by atoms with E-state index < -0.39 is 4.92 Å². The van der Waals surface area contributed by atoms with Gasteiger partial charge in [0, 0.05) is 19.6 Å². The molecule has 1 aromatic heterocycles. The SMILES string of the molecule is CN(C)CC1CCC(CNc2nc(NCc3cccc4ccccc34)ncc2[N+](=O)[O-])CC1. The fourth-order valence-corrected chi connectivity index (χ4v) is 4.72. The molecule has 0 spiro atoms. The normalized spacial score (nSPS) is 18.4. The van der Waals surface area contributed by atoms with Gasteiger partial charge in [-0.2, -0.15) is 4.98 Å². The Morgan fingerprint density at radius 3 is 2.52 bits per heavy atom. The molecular formula is C25H32N6O2. The first kappa shape index (κ1) is 22.9. The van der Waals surface area contributed by atoms with E-state index in [0.29, 0.717) is 25.0 Å². The summed E-state index contributed by atoms with van der Waals surface area (Å²) in [6.45, 7) is 2.35. The van der Waals surface area contributed by atoms with Gasteiger partial charge in [0.2, 0.25) is 11.8 Å². The van der Waals surface area contributed by atoms with Crippen LogP contribution in [0.2, 0.25) is 0 Å². The Morgan fingerprint density at radius 2 is 1.76 bits per heavy atom. The molecule has 1 heterocycles. The summed E-state index contributed by atoms with van der Waals surface area (Å²) in [6, 6.07) is 14.4. The van der Waals surface area contributed by atoms with Crippen LogP contribution in [-0.2, 0) is 6.54 Å². The molecule has 0 aliphatic heterocycles. The summed E-state index contributed by atoms with van der Waals surface area (Å²) in [5.41, 5.74) is 1.03. The first-order valence-corrected chi connectivity index (χ1v) is 11.6. The lowest BCUT2D eigenvalue weighted by molar-refractivity contribution is -0.384.